The van der Waals surface area contributed by atoms with Crippen LogP contribution in [0.25, 0.3) is 10.9 Å². The average Bonchev–Trinajstić information content (AvgIpc) is 3.17. The summed E-state index contributed by atoms with van der Waals surface area (Å²) in [6.45, 7) is 3.44. The highest BCUT2D eigenvalue weighted by Gasteiger charge is 2.19. The van der Waals surface area contributed by atoms with Gasteiger partial charge in [-0.25, -0.2) is 0 Å². The van der Waals surface area contributed by atoms with Crippen LogP contribution in [0.4, 0.5) is 11.4 Å². The van der Waals surface area contributed by atoms with Crippen molar-refractivity contribution in [2.75, 3.05) is 29.5 Å². The van der Waals surface area contributed by atoms with Gasteiger partial charge in [-0.3, -0.25) is 14.4 Å². The molecule has 0 radical (unpaired) electrons. The lowest BCUT2D eigenvalue weighted by Crippen LogP contribution is -2.37. The standard InChI is InChI=1S/C25H28N4O3S/c1-18(30)26-19-9-11-20(12-10-19)27-24(31)17-33-23-15-29(22-8-4-3-7-21(22)23)16-25(32)28-13-5-2-6-14-28/h3-4,7-12,15H,2,5-6,13-14,16-17H2,1H3,(H,26,30)(H,27,31). The molecule has 0 unspecified atom stereocenters. The van der Waals surface area contributed by atoms with Crippen LogP contribution in [0.2, 0.25) is 0 Å². The topological polar surface area (TPSA) is 83.4 Å². The largest absolute Gasteiger partial charge is 0.341 e. The maximum atomic E-state index is 12.8. The van der Waals surface area contributed by atoms with E-state index in [4.69, 9.17) is 0 Å². The summed E-state index contributed by atoms with van der Waals surface area (Å²) in [5.41, 5.74) is 2.35. The van der Waals surface area contributed by atoms with Gasteiger partial charge in [0.1, 0.15) is 6.54 Å². The Kier molecular flexibility index (Phi) is 7.34. The number of hydrogen-bond acceptors (Lipinski definition) is 4. The number of nitrogens with one attached hydrogen (secondary N) is 2. The molecule has 1 fully saturated rings. The van der Waals surface area contributed by atoms with Crippen LogP contribution >= 0.6 is 11.8 Å². The number of nitrogens with zero attached hydrogens (tertiary/aromatic N) is 2. The third kappa shape index (κ3) is 5.96. The van der Waals surface area contributed by atoms with Crippen LogP contribution < -0.4 is 10.6 Å². The zero-order valence-electron chi connectivity index (χ0n) is 18.7. The molecule has 8 heteroatoms. The molecule has 0 bridgehead atoms. The first-order valence-electron chi connectivity index (χ1n) is 11.2. The third-order valence-corrected chi connectivity index (χ3v) is 6.66. The van der Waals surface area contributed by atoms with E-state index in [9.17, 15) is 14.4 Å². The summed E-state index contributed by atoms with van der Waals surface area (Å²) < 4.78 is 1.99. The Balaban J connectivity index is 1.39. The van der Waals surface area contributed by atoms with E-state index in [1.807, 2.05) is 39.9 Å². The van der Waals surface area contributed by atoms with Crippen LogP contribution in [0.3, 0.4) is 0 Å². The number of rotatable bonds is 7. The number of carbonyl (C=O) groups excluding carboxylic acids is 3. The maximum Gasteiger partial charge on any atom is 0.242 e. The molecule has 0 aliphatic carbocycles. The van der Waals surface area contributed by atoms with Crippen LogP contribution in [0, 0.1) is 0 Å². The minimum absolute atomic E-state index is 0.117. The van der Waals surface area contributed by atoms with Crippen LogP contribution in [-0.4, -0.2) is 46.0 Å². The highest BCUT2D eigenvalue weighted by molar-refractivity contribution is 8.00. The number of aromatic nitrogens is 1. The smallest absolute Gasteiger partial charge is 0.242 e. The molecule has 0 spiro atoms. The molecule has 1 saturated heterocycles. The number of thioether (sulfide) groups is 1. The molecule has 3 amide bonds. The first-order chi connectivity index (χ1) is 16.0. The summed E-state index contributed by atoms with van der Waals surface area (Å²) in [7, 11) is 0. The number of benzene rings is 2. The minimum Gasteiger partial charge on any atom is -0.341 e. The lowest BCUT2D eigenvalue weighted by Gasteiger charge is -2.27. The van der Waals surface area contributed by atoms with E-state index in [1.165, 1.54) is 25.1 Å². The molecule has 7 nitrogen and oxygen atoms in total. The van der Waals surface area contributed by atoms with E-state index in [2.05, 4.69) is 10.6 Å². The van der Waals surface area contributed by atoms with Gasteiger partial charge >= 0.3 is 0 Å². The Morgan fingerprint density at radius 3 is 2.27 bits per heavy atom. The first-order valence-corrected chi connectivity index (χ1v) is 12.1. The van der Waals surface area contributed by atoms with E-state index >= 15 is 0 Å². The summed E-state index contributed by atoms with van der Waals surface area (Å²) in [4.78, 5) is 39.3. The second-order valence-electron chi connectivity index (χ2n) is 8.18. The summed E-state index contributed by atoms with van der Waals surface area (Å²) >= 11 is 1.46. The van der Waals surface area contributed by atoms with E-state index in [0.29, 0.717) is 17.9 Å². The SMILES string of the molecule is CC(=O)Nc1ccc(NC(=O)CSc2cn(CC(=O)N3CCCCC3)c3ccccc23)cc1. The lowest BCUT2D eigenvalue weighted by atomic mass is 10.1. The van der Waals surface area contributed by atoms with Gasteiger partial charge in [0.15, 0.2) is 0 Å². The molecule has 2 N–H and O–H groups in total. The van der Waals surface area contributed by atoms with Gasteiger partial charge in [0.05, 0.1) is 5.75 Å². The zero-order valence-corrected chi connectivity index (χ0v) is 19.5. The van der Waals surface area contributed by atoms with E-state index < -0.39 is 0 Å². The number of carbonyl (C=O) groups is 3. The lowest BCUT2D eigenvalue weighted by molar-refractivity contribution is -0.132. The zero-order chi connectivity index (χ0) is 23.2. The number of fused-ring (bicyclic) bond motifs is 1. The molecule has 1 aromatic heterocycles. The highest BCUT2D eigenvalue weighted by atomic mass is 32.2. The van der Waals surface area contributed by atoms with Gasteiger partial charge in [-0.15, -0.1) is 11.8 Å². The predicted octanol–water partition coefficient (Wildman–Crippen LogP) is 4.34. The van der Waals surface area contributed by atoms with Crippen molar-refractivity contribution >= 4 is 51.8 Å². The second-order valence-corrected chi connectivity index (χ2v) is 9.19. The van der Waals surface area contributed by atoms with E-state index in [0.717, 1.165) is 41.7 Å². The normalized spacial score (nSPS) is 13.7. The molecule has 2 heterocycles. The van der Waals surface area contributed by atoms with Crippen molar-refractivity contribution in [2.45, 2.75) is 37.6 Å². The quantitative estimate of drug-likeness (QED) is 0.510. The van der Waals surface area contributed by atoms with Crippen molar-refractivity contribution in [3.63, 3.8) is 0 Å². The van der Waals surface area contributed by atoms with Gasteiger partial charge in [-0.05, 0) is 49.6 Å². The molecule has 3 aromatic rings. The maximum absolute atomic E-state index is 12.8. The van der Waals surface area contributed by atoms with Crippen LogP contribution in [0.5, 0.6) is 0 Å². The molecule has 2 aromatic carbocycles. The Morgan fingerprint density at radius 1 is 0.909 bits per heavy atom. The van der Waals surface area contributed by atoms with E-state index in [-0.39, 0.29) is 23.5 Å². The molecule has 0 saturated carbocycles. The summed E-state index contributed by atoms with van der Waals surface area (Å²) in [6, 6.07) is 15.0. The molecule has 33 heavy (non-hydrogen) atoms. The highest BCUT2D eigenvalue weighted by Crippen LogP contribution is 2.30. The molecular weight excluding hydrogens is 436 g/mol. The molecule has 0 atom stereocenters. The van der Waals surface area contributed by atoms with Gasteiger partial charge < -0.3 is 20.1 Å². The molecular formula is C25H28N4O3S. The number of para-hydroxylation sites is 1. The number of hydrogen-bond donors (Lipinski definition) is 2. The summed E-state index contributed by atoms with van der Waals surface area (Å²) in [6.07, 6.45) is 5.32. The van der Waals surface area contributed by atoms with Crippen molar-refractivity contribution in [2.24, 2.45) is 0 Å². The fraction of sp³-hybridized carbons (Fsp3) is 0.320. The molecule has 1 aliphatic rings. The van der Waals surface area contributed by atoms with Crippen LogP contribution in [0.15, 0.2) is 59.6 Å². The van der Waals surface area contributed by atoms with Crippen LogP contribution in [0.1, 0.15) is 26.2 Å². The van der Waals surface area contributed by atoms with Gasteiger partial charge in [-0.2, -0.15) is 0 Å². The van der Waals surface area contributed by atoms with Crippen molar-refractivity contribution < 1.29 is 14.4 Å². The first kappa shape index (κ1) is 22.9. The van der Waals surface area contributed by atoms with Gasteiger partial charge in [0.2, 0.25) is 17.7 Å². The molecule has 1 aliphatic heterocycles. The van der Waals surface area contributed by atoms with Crippen LogP contribution in [-0.2, 0) is 20.9 Å². The summed E-state index contributed by atoms with van der Waals surface area (Å²) in [5, 5.41) is 6.63. The van der Waals surface area contributed by atoms with Crippen molar-refractivity contribution in [3.05, 3.63) is 54.7 Å². The van der Waals surface area contributed by atoms with Gasteiger partial charge in [0, 0.05) is 53.4 Å². The van der Waals surface area contributed by atoms with Gasteiger partial charge in [-0.1, -0.05) is 18.2 Å². The predicted molar refractivity (Wildman–Crippen MR) is 132 cm³/mol. The fourth-order valence-electron chi connectivity index (χ4n) is 4.03. The van der Waals surface area contributed by atoms with Crippen molar-refractivity contribution in [3.8, 4) is 0 Å². The van der Waals surface area contributed by atoms with Crippen molar-refractivity contribution in [1.82, 2.24) is 9.47 Å². The number of piperidine rings is 1. The Morgan fingerprint density at radius 2 is 1.58 bits per heavy atom. The van der Waals surface area contributed by atoms with E-state index in [1.54, 1.807) is 24.3 Å². The van der Waals surface area contributed by atoms with Gasteiger partial charge in [0.25, 0.3) is 0 Å². The average molecular weight is 465 g/mol. The monoisotopic (exact) mass is 464 g/mol. The molecule has 4 rings (SSSR count). The number of likely N-dealkylation sites (tertiary alicyclic amines) is 1. The Bertz CT molecular complexity index is 1150. The minimum atomic E-state index is -0.139. The Hall–Kier alpha value is -3.26. The number of anilines is 2. The third-order valence-electron chi connectivity index (χ3n) is 5.61. The fourth-order valence-corrected chi connectivity index (χ4v) is 4.92. The molecule has 172 valence electrons. The summed E-state index contributed by atoms with van der Waals surface area (Å²) in [5.74, 6) is 0.141. The Labute approximate surface area is 197 Å². The number of amides is 3. The van der Waals surface area contributed by atoms with Crippen molar-refractivity contribution in [1.29, 1.82) is 0 Å². The second kappa shape index (κ2) is 10.6.